The van der Waals surface area contributed by atoms with E-state index in [2.05, 4.69) is 31.1 Å². The molecule has 0 radical (unpaired) electrons. The summed E-state index contributed by atoms with van der Waals surface area (Å²) in [5.41, 5.74) is 1.22. The zero-order valence-corrected chi connectivity index (χ0v) is 12.5. The van der Waals surface area contributed by atoms with Gasteiger partial charge in [-0.15, -0.1) is 0 Å². The molecule has 1 atom stereocenters. The zero-order chi connectivity index (χ0) is 13.4. The molecule has 1 heterocycles. The summed E-state index contributed by atoms with van der Waals surface area (Å²) in [6.07, 6.45) is 7.02. The highest BCUT2D eigenvalue weighted by molar-refractivity contribution is 6.31. The summed E-state index contributed by atoms with van der Waals surface area (Å²) < 4.78 is 0. The largest absolute Gasteiger partial charge is 0.316 e. The van der Waals surface area contributed by atoms with E-state index in [0.29, 0.717) is 5.92 Å². The van der Waals surface area contributed by atoms with Crippen LogP contribution < -0.4 is 5.32 Å². The third kappa shape index (κ3) is 5.83. The molecule has 0 aliphatic rings. The standard InChI is InChI=1S/C15H25ClN2/c1-4-6-17-10-13(8-12(2)3)9-14-5-7-18-11-15(14)16/h5,7,11-13,17H,4,6,8-10H2,1-3H3. The van der Waals surface area contributed by atoms with E-state index < -0.39 is 0 Å². The Hall–Kier alpha value is -0.600. The van der Waals surface area contributed by atoms with Crippen LogP contribution in [0.5, 0.6) is 0 Å². The Morgan fingerprint density at radius 3 is 2.78 bits per heavy atom. The van der Waals surface area contributed by atoms with Crippen molar-refractivity contribution in [2.24, 2.45) is 11.8 Å². The summed E-state index contributed by atoms with van der Waals surface area (Å²) in [7, 11) is 0. The summed E-state index contributed by atoms with van der Waals surface area (Å²) in [6, 6.07) is 2.04. The van der Waals surface area contributed by atoms with Crippen LogP contribution in [-0.4, -0.2) is 18.1 Å². The molecule has 0 fully saturated rings. The Bertz CT molecular complexity index is 339. The van der Waals surface area contributed by atoms with E-state index in [1.54, 1.807) is 6.20 Å². The van der Waals surface area contributed by atoms with E-state index in [9.17, 15) is 0 Å². The van der Waals surface area contributed by atoms with Gasteiger partial charge >= 0.3 is 0 Å². The number of aromatic nitrogens is 1. The van der Waals surface area contributed by atoms with Gasteiger partial charge in [-0.05, 0) is 55.8 Å². The third-order valence-corrected chi connectivity index (χ3v) is 3.37. The molecular weight excluding hydrogens is 244 g/mol. The molecule has 2 nitrogen and oxygen atoms in total. The van der Waals surface area contributed by atoms with E-state index in [4.69, 9.17) is 11.6 Å². The number of nitrogens with zero attached hydrogens (tertiary/aromatic N) is 1. The highest BCUT2D eigenvalue weighted by atomic mass is 35.5. The summed E-state index contributed by atoms with van der Waals surface area (Å²) in [4.78, 5) is 4.04. The van der Waals surface area contributed by atoms with Gasteiger partial charge < -0.3 is 5.32 Å². The van der Waals surface area contributed by atoms with Crippen LogP contribution in [0.1, 0.15) is 39.2 Å². The Labute approximate surface area is 116 Å². The van der Waals surface area contributed by atoms with Gasteiger partial charge in [-0.2, -0.15) is 0 Å². The quantitative estimate of drug-likeness (QED) is 0.723. The van der Waals surface area contributed by atoms with E-state index in [0.717, 1.165) is 30.5 Å². The van der Waals surface area contributed by atoms with Gasteiger partial charge in [-0.3, -0.25) is 4.98 Å². The molecule has 102 valence electrons. The van der Waals surface area contributed by atoms with E-state index in [1.165, 1.54) is 18.4 Å². The van der Waals surface area contributed by atoms with Crippen molar-refractivity contribution in [3.63, 3.8) is 0 Å². The lowest BCUT2D eigenvalue weighted by Crippen LogP contribution is -2.26. The smallest absolute Gasteiger partial charge is 0.0621 e. The number of nitrogens with one attached hydrogen (secondary N) is 1. The highest BCUT2D eigenvalue weighted by Gasteiger charge is 2.13. The summed E-state index contributed by atoms with van der Waals surface area (Å²) >= 11 is 6.18. The summed E-state index contributed by atoms with van der Waals surface area (Å²) in [6.45, 7) is 8.93. The van der Waals surface area contributed by atoms with Crippen molar-refractivity contribution in [2.75, 3.05) is 13.1 Å². The molecule has 0 saturated carbocycles. The molecule has 0 spiro atoms. The van der Waals surface area contributed by atoms with Crippen LogP contribution in [0.4, 0.5) is 0 Å². The first-order chi connectivity index (χ1) is 8.63. The van der Waals surface area contributed by atoms with Gasteiger partial charge in [-0.1, -0.05) is 32.4 Å². The van der Waals surface area contributed by atoms with E-state index >= 15 is 0 Å². The maximum Gasteiger partial charge on any atom is 0.0621 e. The molecule has 0 amide bonds. The number of hydrogen-bond acceptors (Lipinski definition) is 2. The molecule has 0 aliphatic carbocycles. The van der Waals surface area contributed by atoms with Crippen LogP contribution in [0.3, 0.4) is 0 Å². The summed E-state index contributed by atoms with van der Waals surface area (Å²) in [5, 5.41) is 4.31. The minimum atomic E-state index is 0.649. The molecule has 1 unspecified atom stereocenters. The molecule has 1 aromatic heterocycles. The van der Waals surface area contributed by atoms with Crippen LogP contribution in [0.15, 0.2) is 18.5 Å². The first-order valence-electron chi connectivity index (χ1n) is 6.92. The Morgan fingerprint density at radius 2 is 2.17 bits per heavy atom. The van der Waals surface area contributed by atoms with Crippen molar-refractivity contribution in [1.82, 2.24) is 10.3 Å². The molecule has 0 aliphatic heterocycles. The maximum atomic E-state index is 6.18. The number of pyridine rings is 1. The topological polar surface area (TPSA) is 24.9 Å². The molecule has 0 aromatic carbocycles. The van der Waals surface area contributed by atoms with Gasteiger partial charge in [0.2, 0.25) is 0 Å². The minimum Gasteiger partial charge on any atom is -0.316 e. The second-order valence-electron chi connectivity index (χ2n) is 5.37. The Kier molecular flexibility index (Phi) is 7.29. The van der Waals surface area contributed by atoms with Crippen molar-refractivity contribution >= 4 is 11.6 Å². The first kappa shape index (κ1) is 15.5. The molecule has 1 rings (SSSR count). The lowest BCUT2D eigenvalue weighted by molar-refractivity contribution is 0.385. The van der Waals surface area contributed by atoms with Crippen molar-refractivity contribution in [3.05, 3.63) is 29.0 Å². The molecule has 18 heavy (non-hydrogen) atoms. The fraction of sp³-hybridized carbons (Fsp3) is 0.667. The predicted molar refractivity (Wildman–Crippen MR) is 79.1 cm³/mol. The number of hydrogen-bond donors (Lipinski definition) is 1. The van der Waals surface area contributed by atoms with E-state index in [-0.39, 0.29) is 0 Å². The average molecular weight is 269 g/mol. The first-order valence-corrected chi connectivity index (χ1v) is 7.30. The average Bonchev–Trinajstić information content (AvgIpc) is 2.31. The van der Waals surface area contributed by atoms with E-state index in [1.807, 2.05) is 12.3 Å². The third-order valence-electron chi connectivity index (χ3n) is 3.03. The highest BCUT2D eigenvalue weighted by Crippen LogP contribution is 2.21. The van der Waals surface area contributed by atoms with Gasteiger partial charge in [0.25, 0.3) is 0 Å². The molecule has 1 aromatic rings. The Morgan fingerprint density at radius 1 is 1.39 bits per heavy atom. The lowest BCUT2D eigenvalue weighted by atomic mass is 9.91. The molecule has 1 N–H and O–H groups in total. The second-order valence-corrected chi connectivity index (χ2v) is 5.78. The SMILES string of the molecule is CCCNCC(Cc1ccncc1Cl)CC(C)C. The zero-order valence-electron chi connectivity index (χ0n) is 11.7. The van der Waals surface area contributed by atoms with Crippen molar-refractivity contribution < 1.29 is 0 Å². The van der Waals surface area contributed by atoms with Gasteiger partial charge in [0.1, 0.15) is 0 Å². The minimum absolute atomic E-state index is 0.649. The number of halogens is 1. The van der Waals surface area contributed by atoms with Crippen LogP contribution >= 0.6 is 11.6 Å². The van der Waals surface area contributed by atoms with Crippen LogP contribution in [0, 0.1) is 11.8 Å². The van der Waals surface area contributed by atoms with Gasteiger partial charge in [0.15, 0.2) is 0 Å². The fourth-order valence-electron chi connectivity index (χ4n) is 2.27. The van der Waals surface area contributed by atoms with Gasteiger partial charge in [0, 0.05) is 12.4 Å². The summed E-state index contributed by atoms with van der Waals surface area (Å²) in [5.74, 6) is 1.37. The predicted octanol–water partition coefficient (Wildman–Crippen LogP) is 3.94. The monoisotopic (exact) mass is 268 g/mol. The molecule has 3 heteroatoms. The van der Waals surface area contributed by atoms with Gasteiger partial charge in [-0.25, -0.2) is 0 Å². The van der Waals surface area contributed by atoms with Gasteiger partial charge in [0.05, 0.1) is 5.02 Å². The lowest BCUT2D eigenvalue weighted by Gasteiger charge is -2.20. The fourth-order valence-corrected chi connectivity index (χ4v) is 2.47. The second kappa shape index (κ2) is 8.49. The van der Waals surface area contributed by atoms with Crippen molar-refractivity contribution in [3.8, 4) is 0 Å². The molecular formula is C15H25ClN2. The van der Waals surface area contributed by atoms with Crippen molar-refractivity contribution in [2.45, 2.75) is 40.0 Å². The number of rotatable bonds is 8. The Balaban J connectivity index is 2.57. The van der Waals surface area contributed by atoms with Crippen molar-refractivity contribution in [1.29, 1.82) is 0 Å². The molecule has 0 saturated heterocycles. The normalized spacial score (nSPS) is 12.9. The van der Waals surface area contributed by atoms with Crippen LogP contribution in [0.25, 0.3) is 0 Å². The maximum absolute atomic E-state index is 6.18. The molecule has 0 bridgehead atoms. The van der Waals surface area contributed by atoms with Crippen LogP contribution in [0.2, 0.25) is 5.02 Å². The van der Waals surface area contributed by atoms with Crippen LogP contribution in [-0.2, 0) is 6.42 Å².